The van der Waals surface area contributed by atoms with Crippen molar-refractivity contribution in [2.45, 2.75) is 39.8 Å². The van der Waals surface area contributed by atoms with Crippen molar-refractivity contribution in [3.63, 3.8) is 0 Å². The van der Waals surface area contributed by atoms with Gasteiger partial charge in [0.15, 0.2) is 0 Å². The minimum absolute atomic E-state index is 0.610. The van der Waals surface area contributed by atoms with Crippen LogP contribution in [0.3, 0.4) is 0 Å². The first-order valence-electron chi connectivity index (χ1n) is 6.52. The number of aromatic nitrogens is 2. The molecule has 4 nitrogen and oxygen atoms in total. The summed E-state index contributed by atoms with van der Waals surface area (Å²) in [4.78, 5) is 2.35. The highest BCUT2D eigenvalue weighted by Gasteiger charge is 2.10. The molecule has 1 rings (SSSR count). The Morgan fingerprint density at radius 1 is 1.44 bits per heavy atom. The topological polar surface area (TPSA) is 33.1 Å². The van der Waals surface area contributed by atoms with Gasteiger partial charge in [0.25, 0.3) is 0 Å². The SMILES string of the molecule is Cc1nn(C)c(CNCCCN(C)C(C)C)c1Cl. The minimum atomic E-state index is 0.610. The number of hydrogen-bond acceptors (Lipinski definition) is 3. The lowest BCUT2D eigenvalue weighted by Gasteiger charge is -2.20. The van der Waals surface area contributed by atoms with Crippen molar-refractivity contribution in [3.8, 4) is 0 Å². The van der Waals surface area contributed by atoms with Crippen molar-refractivity contribution < 1.29 is 0 Å². The Hall–Kier alpha value is -0.580. The van der Waals surface area contributed by atoms with Gasteiger partial charge in [-0.1, -0.05) is 11.6 Å². The predicted molar refractivity (Wildman–Crippen MR) is 77.0 cm³/mol. The van der Waals surface area contributed by atoms with E-state index < -0.39 is 0 Å². The van der Waals surface area contributed by atoms with Gasteiger partial charge in [0, 0.05) is 19.6 Å². The number of halogens is 1. The van der Waals surface area contributed by atoms with Crippen LogP contribution in [0, 0.1) is 6.92 Å². The molecule has 0 spiro atoms. The van der Waals surface area contributed by atoms with E-state index in [0.29, 0.717) is 6.04 Å². The van der Waals surface area contributed by atoms with E-state index >= 15 is 0 Å². The van der Waals surface area contributed by atoms with E-state index in [1.807, 2.05) is 18.7 Å². The molecule has 0 aromatic carbocycles. The van der Waals surface area contributed by atoms with Gasteiger partial charge in [0.05, 0.1) is 16.4 Å². The first kappa shape index (κ1) is 15.5. The quantitative estimate of drug-likeness (QED) is 0.773. The fraction of sp³-hybridized carbons (Fsp3) is 0.769. The van der Waals surface area contributed by atoms with Crippen LogP contribution in [0.1, 0.15) is 31.7 Å². The molecule has 5 heteroatoms. The second-order valence-corrected chi connectivity index (χ2v) is 5.45. The molecule has 0 amide bonds. The Labute approximate surface area is 115 Å². The molecule has 0 aliphatic carbocycles. The van der Waals surface area contributed by atoms with Crippen LogP contribution in [-0.4, -0.2) is 40.9 Å². The van der Waals surface area contributed by atoms with Crippen LogP contribution >= 0.6 is 11.6 Å². The molecule has 0 aliphatic heterocycles. The van der Waals surface area contributed by atoms with E-state index in [-0.39, 0.29) is 0 Å². The molecule has 0 aliphatic rings. The second-order valence-electron chi connectivity index (χ2n) is 5.07. The van der Waals surface area contributed by atoms with Gasteiger partial charge >= 0.3 is 0 Å². The van der Waals surface area contributed by atoms with Crippen LogP contribution in [0.15, 0.2) is 0 Å². The molecule has 0 saturated heterocycles. The number of nitrogens with one attached hydrogen (secondary N) is 1. The molecule has 0 saturated carbocycles. The summed E-state index contributed by atoms with van der Waals surface area (Å²) in [7, 11) is 4.09. The monoisotopic (exact) mass is 272 g/mol. The van der Waals surface area contributed by atoms with Gasteiger partial charge in [-0.05, 0) is 47.3 Å². The van der Waals surface area contributed by atoms with Gasteiger partial charge < -0.3 is 10.2 Å². The summed E-state index contributed by atoms with van der Waals surface area (Å²) in [6, 6.07) is 0.610. The Balaban J connectivity index is 2.26. The lowest BCUT2D eigenvalue weighted by Crippen LogP contribution is -2.29. The summed E-state index contributed by atoms with van der Waals surface area (Å²) in [6.45, 7) is 9.25. The number of rotatable bonds is 7. The maximum Gasteiger partial charge on any atom is 0.0860 e. The fourth-order valence-electron chi connectivity index (χ4n) is 1.79. The van der Waals surface area contributed by atoms with Crippen molar-refractivity contribution in [2.75, 3.05) is 20.1 Å². The van der Waals surface area contributed by atoms with E-state index in [1.54, 1.807) is 0 Å². The lowest BCUT2D eigenvalue weighted by atomic mass is 10.3. The summed E-state index contributed by atoms with van der Waals surface area (Å²) >= 11 is 6.19. The average Bonchev–Trinajstić information content (AvgIpc) is 2.54. The molecule has 0 fully saturated rings. The molecule has 0 bridgehead atoms. The summed E-state index contributed by atoms with van der Waals surface area (Å²) < 4.78 is 1.85. The first-order valence-corrected chi connectivity index (χ1v) is 6.90. The van der Waals surface area contributed by atoms with E-state index in [0.717, 1.165) is 42.5 Å². The predicted octanol–water partition coefficient (Wildman–Crippen LogP) is 2.20. The van der Waals surface area contributed by atoms with Crippen molar-refractivity contribution in [1.29, 1.82) is 0 Å². The molecular weight excluding hydrogens is 248 g/mol. The zero-order chi connectivity index (χ0) is 13.7. The van der Waals surface area contributed by atoms with Crippen molar-refractivity contribution in [2.24, 2.45) is 7.05 Å². The smallest absolute Gasteiger partial charge is 0.0860 e. The van der Waals surface area contributed by atoms with Crippen LogP contribution in [0.25, 0.3) is 0 Å². The molecule has 0 radical (unpaired) electrons. The molecule has 1 N–H and O–H groups in total. The summed E-state index contributed by atoms with van der Waals surface area (Å²) in [5.41, 5.74) is 1.96. The zero-order valence-corrected chi connectivity index (χ0v) is 12.9. The molecule has 1 aromatic rings. The number of aryl methyl sites for hydroxylation is 2. The Bertz CT molecular complexity index is 373. The first-order chi connectivity index (χ1) is 8.43. The van der Waals surface area contributed by atoms with Gasteiger partial charge in [-0.3, -0.25) is 4.68 Å². The van der Waals surface area contributed by atoms with Crippen LogP contribution < -0.4 is 5.32 Å². The van der Waals surface area contributed by atoms with Crippen molar-refractivity contribution in [3.05, 3.63) is 16.4 Å². The summed E-state index contributed by atoms with van der Waals surface area (Å²) in [6.07, 6.45) is 1.14. The molecule has 0 atom stereocenters. The highest BCUT2D eigenvalue weighted by Crippen LogP contribution is 2.18. The van der Waals surface area contributed by atoms with Crippen LogP contribution in [0.5, 0.6) is 0 Å². The Morgan fingerprint density at radius 3 is 2.61 bits per heavy atom. The average molecular weight is 273 g/mol. The second kappa shape index (κ2) is 7.12. The molecule has 1 heterocycles. The Kier molecular flexibility index (Phi) is 6.12. The third-order valence-electron chi connectivity index (χ3n) is 3.30. The fourth-order valence-corrected chi connectivity index (χ4v) is 2.02. The molecule has 104 valence electrons. The maximum absolute atomic E-state index is 6.19. The van der Waals surface area contributed by atoms with Crippen molar-refractivity contribution >= 4 is 11.6 Å². The standard InChI is InChI=1S/C13H25ClN4/c1-10(2)17(4)8-6-7-15-9-12-13(14)11(3)16-18(12)5/h10,15H,6-9H2,1-5H3. The van der Waals surface area contributed by atoms with Gasteiger partial charge in [0.2, 0.25) is 0 Å². The maximum atomic E-state index is 6.19. The van der Waals surface area contributed by atoms with Gasteiger partial charge in [-0.2, -0.15) is 5.10 Å². The largest absolute Gasteiger partial charge is 0.311 e. The molecule has 0 unspecified atom stereocenters. The zero-order valence-electron chi connectivity index (χ0n) is 12.1. The third-order valence-corrected chi connectivity index (χ3v) is 3.79. The van der Waals surface area contributed by atoms with Gasteiger partial charge in [-0.25, -0.2) is 0 Å². The van der Waals surface area contributed by atoms with E-state index in [9.17, 15) is 0 Å². The van der Waals surface area contributed by atoms with Gasteiger partial charge in [-0.15, -0.1) is 0 Å². The molecule has 1 aromatic heterocycles. The summed E-state index contributed by atoms with van der Waals surface area (Å²) in [5, 5.41) is 8.50. The highest BCUT2D eigenvalue weighted by atomic mass is 35.5. The van der Waals surface area contributed by atoms with Crippen LogP contribution in [0.2, 0.25) is 5.02 Å². The molecular formula is C13H25ClN4. The summed E-state index contributed by atoms with van der Waals surface area (Å²) in [5.74, 6) is 0. The van der Waals surface area contributed by atoms with Crippen LogP contribution in [0.4, 0.5) is 0 Å². The molecule has 18 heavy (non-hydrogen) atoms. The normalized spacial score (nSPS) is 11.8. The Morgan fingerprint density at radius 2 is 2.11 bits per heavy atom. The van der Waals surface area contributed by atoms with E-state index in [1.165, 1.54) is 0 Å². The van der Waals surface area contributed by atoms with Gasteiger partial charge in [0.1, 0.15) is 0 Å². The highest BCUT2D eigenvalue weighted by molar-refractivity contribution is 6.31. The lowest BCUT2D eigenvalue weighted by molar-refractivity contribution is 0.269. The van der Waals surface area contributed by atoms with E-state index in [4.69, 9.17) is 11.6 Å². The number of hydrogen-bond donors (Lipinski definition) is 1. The van der Waals surface area contributed by atoms with Crippen LogP contribution in [-0.2, 0) is 13.6 Å². The minimum Gasteiger partial charge on any atom is -0.311 e. The third kappa shape index (κ3) is 4.26. The van der Waals surface area contributed by atoms with Crippen molar-refractivity contribution in [1.82, 2.24) is 20.0 Å². The number of nitrogens with zero attached hydrogens (tertiary/aromatic N) is 3. The van der Waals surface area contributed by atoms with E-state index in [2.05, 4.69) is 36.2 Å².